The van der Waals surface area contributed by atoms with Gasteiger partial charge < -0.3 is 14.8 Å². The lowest BCUT2D eigenvalue weighted by Crippen LogP contribution is -2.28. The first-order valence-electron chi connectivity index (χ1n) is 9.60. The molecule has 0 aliphatic heterocycles. The van der Waals surface area contributed by atoms with Crippen molar-refractivity contribution in [3.8, 4) is 11.5 Å². The van der Waals surface area contributed by atoms with E-state index < -0.39 is 0 Å². The molecule has 1 heterocycles. The number of ether oxygens (including phenoxy) is 2. The van der Waals surface area contributed by atoms with Gasteiger partial charge in [-0.1, -0.05) is 30.3 Å². The van der Waals surface area contributed by atoms with Crippen LogP contribution < -0.4 is 14.8 Å². The molecule has 6 heteroatoms. The fraction of sp³-hybridized carbons (Fsp3) is 0.261. The zero-order valence-corrected chi connectivity index (χ0v) is 17.1. The van der Waals surface area contributed by atoms with Crippen LogP contribution in [0.3, 0.4) is 0 Å². The van der Waals surface area contributed by atoms with Crippen molar-refractivity contribution in [2.24, 2.45) is 0 Å². The minimum atomic E-state index is -0.297. The molecule has 1 aromatic heterocycles. The van der Waals surface area contributed by atoms with Crippen LogP contribution in [0, 0.1) is 5.82 Å². The lowest BCUT2D eigenvalue weighted by atomic mass is 10.0. The Labute approximate surface area is 174 Å². The third kappa shape index (κ3) is 6.06. The zero-order chi connectivity index (χ0) is 20.5. The minimum absolute atomic E-state index is 0.0746. The van der Waals surface area contributed by atoms with Crippen molar-refractivity contribution < 1.29 is 18.7 Å². The average Bonchev–Trinajstić information content (AvgIpc) is 3.26. The SMILES string of the molecule is CCOc1ccccc1OCCCC(=O)NC(c1ccc(F)cc1)c1cccs1. The van der Waals surface area contributed by atoms with Gasteiger partial charge in [-0.2, -0.15) is 0 Å². The standard InChI is InChI=1S/C23H24FNO3S/c1-2-27-19-7-3-4-8-20(19)28-15-5-10-22(26)25-23(21-9-6-16-29-21)17-11-13-18(24)14-12-17/h3-4,6-9,11-14,16,23H,2,5,10,15H2,1H3,(H,25,26). The van der Waals surface area contributed by atoms with E-state index in [1.165, 1.54) is 12.1 Å². The summed E-state index contributed by atoms with van der Waals surface area (Å²) >= 11 is 1.56. The Bertz CT molecular complexity index is 897. The molecule has 1 N–H and O–H groups in total. The molecular weight excluding hydrogens is 389 g/mol. The topological polar surface area (TPSA) is 47.6 Å². The Morgan fingerprint density at radius 3 is 2.41 bits per heavy atom. The van der Waals surface area contributed by atoms with Crippen LogP contribution in [0.4, 0.5) is 4.39 Å². The van der Waals surface area contributed by atoms with Gasteiger partial charge in [0.25, 0.3) is 0 Å². The number of benzene rings is 2. The van der Waals surface area contributed by atoms with Gasteiger partial charge in [0.2, 0.25) is 5.91 Å². The summed E-state index contributed by atoms with van der Waals surface area (Å²) in [4.78, 5) is 13.5. The molecule has 3 aromatic rings. The highest BCUT2D eigenvalue weighted by Crippen LogP contribution is 2.27. The molecule has 4 nitrogen and oxygen atoms in total. The van der Waals surface area contributed by atoms with Gasteiger partial charge in [0.15, 0.2) is 11.5 Å². The lowest BCUT2D eigenvalue weighted by Gasteiger charge is -2.18. The minimum Gasteiger partial charge on any atom is -0.490 e. The second-order valence-corrected chi connectivity index (χ2v) is 7.38. The maximum Gasteiger partial charge on any atom is 0.220 e. The number of hydrogen-bond donors (Lipinski definition) is 1. The van der Waals surface area contributed by atoms with E-state index in [-0.39, 0.29) is 17.8 Å². The fourth-order valence-corrected chi connectivity index (χ4v) is 3.72. The van der Waals surface area contributed by atoms with Crippen LogP contribution in [0.5, 0.6) is 11.5 Å². The fourth-order valence-electron chi connectivity index (χ4n) is 2.92. The van der Waals surface area contributed by atoms with Crippen molar-refractivity contribution in [2.75, 3.05) is 13.2 Å². The van der Waals surface area contributed by atoms with Crippen LogP contribution in [0.15, 0.2) is 66.0 Å². The maximum atomic E-state index is 13.3. The van der Waals surface area contributed by atoms with E-state index >= 15 is 0 Å². The summed E-state index contributed by atoms with van der Waals surface area (Å²) in [5.41, 5.74) is 0.851. The predicted octanol–water partition coefficient (Wildman–Crippen LogP) is 5.35. The molecule has 152 valence electrons. The van der Waals surface area contributed by atoms with Gasteiger partial charge in [-0.25, -0.2) is 4.39 Å². The van der Waals surface area contributed by atoms with E-state index in [4.69, 9.17) is 9.47 Å². The van der Waals surface area contributed by atoms with Crippen molar-refractivity contribution in [3.63, 3.8) is 0 Å². The van der Waals surface area contributed by atoms with Crippen molar-refractivity contribution in [1.29, 1.82) is 0 Å². The molecule has 29 heavy (non-hydrogen) atoms. The Hall–Kier alpha value is -2.86. The van der Waals surface area contributed by atoms with Gasteiger partial charge in [0, 0.05) is 11.3 Å². The van der Waals surface area contributed by atoms with Crippen molar-refractivity contribution in [2.45, 2.75) is 25.8 Å². The monoisotopic (exact) mass is 413 g/mol. The number of carbonyl (C=O) groups excluding carboxylic acids is 1. The molecule has 0 saturated heterocycles. The van der Waals surface area contributed by atoms with Crippen LogP contribution in [-0.4, -0.2) is 19.1 Å². The summed E-state index contributed by atoms with van der Waals surface area (Å²) in [6, 6.07) is 17.3. The molecule has 1 atom stereocenters. The van der Waals surface area contributed by atoms with E-state index in [1.807, 2.05) is 48.7 Å². The summed E-state index contributed by atoms with van der Waals surface area (Å²) < 4.78 is 24.6. The van der Waals surface area contributed by atoms with Gasteiger partial charge in [-0.3, -0.25) is 4.79 Å². The molecule has 0 saturated carbocycles. The number of halogens is 1. The lowest BCUT2D eigenvalue weighted by molar-refractivity contribution is -0.121. The molecule has 0 radical (unpaired) electrons. The highest BCUT2D eigenvalue weighted by Gasteiger charge is 2.18. The number of nitrogens with one attached hydrogen (secondary N) is 1. The first kappa shape index (κ1) is 20.9. The highest BCUT2D eigenvalue weighted by molar-refractivity contribution is 7.10. The van der Waals surface area contributed by atoms with Crippen LogP contribution in [-0.2, 0) is 4.79 Å². The van der Waals surface area contributed by atoms with E-state index in [0.717, 1.165) is 10.4 Å². The molecule has 0 aliphatic rings. The molecule has 0 spiro atoms. The Kier molecular flexibility index (Phi) is 7.64. The summed E-state index contributed by atoms with van der Waals surface area (Å²) in [5, 5.41) is 5.01. The number of para-hydroxylation sites is 2. The predicted molar refractivity (Wildman–Crippen MR) is 113 cm³/mol. The van der Waals surface area contributed by atoms with Crippen molar-refractivity contribution in [3.05, 3.63) is 82.3 Å². The van der Waals surface area contributed by atoms with Crippen molar-refractivity contribution in [1.82, 2.24) is 5.32 Å². The summed E-state index contributed by atoms with van der Waals surface area (Å²) in [5.74, 6) is 1.01. The molecular formula is C23H24FNO3S. The van der Waals surface area contributed by atoms with Crippen molar-refractivity contribution >= 4 is 17.2 Å². The first-order valence-corrected chi connectivity index (χ1v) is 10.5. The number of carbonyl (C=O) groups is 1. The summed E-state index contributed by atoms with van der Waals surface area (Å²) in [6.07, 6.45) is 0.909. The zero-order valence-electron chi connectivity index (χ0n) is 16.3. The first-order chi connectivity index (χ1) is 14.2. The Balaban J connectivity index is 1.54. The molecule has 3 rings (SSSR count). The second-order valence-electron chi connectivity index (χ2n) is 6.40. The van der Waals surface area contributed by atoms with Gasteiger partial charge >= 0.3 is 0 Å². The summed E-state index contributed by atoms with van der Waals surface area (Å²) in [6.45, 7) is 2.90. The van der Waals surface area contributed by atoms with Crippen LogP contribution >= 0.6 is 11.3 Å². The quantitative estimate of drug-likeness (QED) is 0.456. The normalized spacial score (nSPS) is 11.7. The number of thiophene rings is 1. The largest absolute Gasteiger partial charge is 0.490 e. The molecule has 0 fully saturated rings. The molecule has 1 unspecified atom stereocenters. The Morgan fingerprint density at radius 2 is 1.76 bits per heavy atom. The van der Waals surface area contributed by atoms with E-state index in [2.05, 4.69) is 5.32 Å². The van der Waals surface area contributed by atoms with Gasteiger partial charge in [0.1, 0.15) is 5.82 Å². The van der Waals surface area contributed by atoms with Crippen LogP contribution in [0.2, 0.25) is 0 Å². The third-order valence-corrected chi connectivity index (χ3v) is 5.23. The van der Waals surface area contributed by atoms with E-state index in [1.54, 1.807) is 23.5 Å². The van der Waals surface area contributed by atoms with E-state index in [9.17, 15) is 9.18 Å². The second kappa shape index (κ2) is 10.6. The summed E-state index contributed by atoms with van der Waals surface area (Å²) in [7, 11) is 0. The van der Waals surface area contributed by atoms with E-state index in [0.29, 0.717) is 37.6 Å². The third-order valence-electron chi connectivity index (χ3n) is 4.29. The van der Waals surface area contributed by atoms with Gasteiger partial charge in [-0.05, 0) is 54.6 Å². The molecule has 2 aromatic carbocycles. The highest BCUT2D eigenvalue weighted by atomic mass is 32.1. The number of rotatable bonds is 10. The van der Waals surface area contributed by atoms with Crippen LogP contribution in [0.25, 0.3) is 0 Å². The number of amides is 1. The molecule has 0 aliphatic carbocycles. The average molecular weight is 414 g/mol. The van der Waals surface area contributed by atoms with Gasteiger partial charge in [0.05, 0.1) is 19.3 Å². The smallest absolute Gasteiger partial charge is 0.220 e. The van der Waals surface area contributed by atoms with Gasteiger partial charge in [-0.15, -0.1) is 11.3 Å². The van der Waals surface area contributed by atoms with Crippen LogP contribution in [0.1, 0.15) is 36.2 Å². The maximum absolute atomic E-state index is 13.3. The number of hydrogen-bond acceptors (Lipinski definition) is 4. The molecule has 1 amide bonds. The molecule has 0 bridgehead atoms. The Morgan fingerprint density at radius 1 is 1.03 bits per heavy atom.